The predicted molar refractivity (Wildman–Crippen MR) is 80.7 cm³/mol. The van der Waals surface area contributed by atoms with Crippen molar-refractivity contribution >= 4 is 35.3 Å². The molecule has 0 aromatic heterocycles. The Hall–Kier alpha value is -1.85. The minimum atomic E-state index is -0.513. The third-order valence-electron chi connectivity index (χ3n) is 2.84. The first kappa shape index (κ1) is 14.6. The van der Waals surface area contributed by atoms with Crippen molar-refractivity contribution in [2.45, 2.75) is 4.90 Å². The maximum atomic E-state index is 11.1. The molecule has 0 unspecified atom stereocenters. The van der Waals surface area contributed by atoms with Crippen LogP contribution in [-0.4, -0.2) is 17.5 Å². The minimum Gasteiger partial charge on any atom is -0.298 e. The fraction of sp³-hybridized carbons (Fsp3) is 0.0714. The van der Waals surface area contributed by atoms with Gasteiger partial charge in [-0.3, -0.25) is 14.9 Å². The molecule has 2 aromatic rings. The Bertz CT molecular complexity index is 671. The Labute approximate surface area is 124 Å². The summed E-state index contributed by atoms with van der Waals surface area (Å²) in [7, 11) is 0. The summed E-state index contributed by atoms with van der Waals surface area (Å²) < 4.78 is 0. The SMILES string of the molecule is CSc1ccc(-c2cc(Cl)c(C=O)cc2[N+](=O)[O-])cc1. The van der Waals surface area contributed by atoms with Crippen LogP contribution >= 0.6 is 23.4 Å². The minimum absolute atomic E-state index is 0.114. The van der Waals surface area contributed by atoms with Gasteiger partial charge in [0.1, 0.15) is 0 Å². The van der Waals surface area contributed by atoms with Gasteiger partial charge in [-0.2, -0.15) is 0 Å². The van der Waals surface area contributed by atoms with Crippen molar-refractivity contribution in [2.75, 3.05) is 6.26 Å². The number of aldehydes is 1. The van der Waals surface area contributed by atoms with Gasteiger partial charge in [0.25, 0.3) is 5.69 Å². The summed E-state index contributed by atoms with van der Waals surface area (Å²) in [5, 5.41) is 11.3. The Morgan fingerprint density at radius 3 is 2.40 bits per heavy atom. The van der Waals surface area contributed by atoms with E-state index in [2.05, 4.69) is 0 Å². The van der Waals surface area contributed by atoms with Crippen LogP contribution in [0, 0.1) is 10.1 Å². The zero-order valence-electron chi connectivity index (χ0n) is 10.5. The molecule has 20 heavy (non-hydrogen) atoms. The fourth-order valence-electron chi connectivity index (χ4n) is 1.82. The van der Waals surface area contributed by atoms with E-state index in [1.54, 1.807) is 23.9 Å². The second-order valence-corrected chi connectivity index (χ2v) is 5.28. The molecule has 0 bridgehead atoms. The van der Waals surface area contributed by atoms with E-state index in [4.69, 9.17) is 11.6 Å². The van der Waals surface area contributed by atoms with Crippen LogP contribution in [0.2, 0.25) is 5.02 Å². The maximum absolute atomic E-state index is 11.1. The second-order valence-electron chi connectivity index (χ2n) is 3.99. The molecule has 2 rings (SSSR count). The second kappa shape index (κ2) is 6.07. The highest BCUT2D eigenvalue weighted by atomic mass is 35.5. The van der Waals surface area contributed by atoms with Gasteiger partial charge < -0.3 is 0 Å². The molecule has 2 aromatic carbocycles. The molecule has 0 fully saturated rings. The van der Waals surface area contributed by atoms with Gasteiger partial charge in [-0.15, -0.1) is 11.8 Å². The van der Waals surface area contributed by atoms with Crippen molar-refractivity contribution in [3.05, 3.63) is 57.1 Å². The van der Waals surface area contributed by atoms with Gasteiger partial charge in [0.15, 0.2) is 6.29 Å². The van der Waals surface area contributed by atoms with E-state index < -0.39 is 4.92 Å². The standard InChI is InChI=1S/C14H10ClNO3S/c1-20-11-4-2-9(3-5-11)12-7-13(15)10(8-17)6-14(12)16(18)19/h2-8H,1H3. The summed E-state index contributed by atoms with van der Waals surface area (Å²) in [6, 6.07) is 10.0. The van der Waals surface area contributed by atoms with Crippen molar-refractivity contribution in [1.29, 1.82) is 0 Å². The lowest BCUT2D eigenvalue weighted by atomic mass is 10.0. The van der Waals surface area contributed by atoms with Gasteiger partial charge in [-0.25, -0.2) is 0 Å². The summed E-state index contributed by atoms with van der Waals surface area (Å²) in [6.07, 6.45) is 2.46. The average molecular weight is 308 g/mol. The lowest BCUT2D eigenvalue weighted by molar-refractivity contribution is -0.384. The van der Waals surface area contributed by atoms with E-state index in [1.807, 2.05) is 18.4 Å². The van der Waals surface area contributed by atoms with Crippen LogP contribution in [-0.2, 0) is 0 Å². The molecule has 6 heteroatoms. The molecule has 0 saturated heterocycles. The van der Waals surface area contributed by atoms with Crippen molar-refractivity contribution < 1.29 is 9.72 Å². The topological polar surface area (TPSA) is 60.2 Å². The summed E-state index contributed by atoms with van der Waals surface area (Å²) in [4.78, 5) is 22.5. The van der Waals surface area contributed by atoms with Gasteiger partial charge in [-0.05, 0) is 30.0 Å². The number of hydrogen-bond acceptors (Lipinski definition) is 4. The Kier molecular flexibility index (Phi) is 4.42. The first-order valence-corrected chi connectivity index (χ1v) is 7.24. The number of hydrogen-bond donors (Lipinski definition) is 0. The molecule has 0 aliphatic carbocycles. The van der Waals surface area contributed by atoms with Gasteiger partial charge >= 0.3 is 0 Å². The number of nitrogens with zero attached hydrogens (tertiary/aromatic N) is 1. The highest BCUT2D eigenvalue weighted by molar-refractivity contribution is 7.98. The van der Waals surface area contributed by atoms with Crippen LogP contribution in [0.15, 0.2) is 41.3 Å². The van der Waals surface area contributed by atoms with Crippen LogP contribution in [0.1, 0.15) is 10.4 Å². The fourth-order valence-corrected chi connectivity index (χ4v) is 2.44. The number of carbonyl (C=O) groups is 1. The maximum Gasteiger partial charge on any atom is 0.278 e. The molecule has 0 spiro atoms. The third-order valence-corrected chi connectivity index (χ3v) is 3.91. The molecule has 0 atom stereocenters. The summed E-state index contributed by atoms with van der Waals surface area (Å²) in [5.41, 5.74) is 1.07. The summed E-state index contributed by atoms with van der Waals surface area (Å²) >= 11 is 7.54. The van der Waals surface area contributed by atoms with Gasteiger partial charge in [0, 0.05) is 16.5 Å². The predicted octanol–water partition coefficient (Wildman–Crippen LogP) is 4.45. The molecule has 0 saturated carbocycles. The van der Waals surface area contributed by atoms with Crippen molar-refractivity contribution in [3.63, 3.8) is 0 Å². The number of benzene rings is 2. The largest absolute Gasteiger partial charge is 0.298 e. The summed E-state index contributed by atoms with van der Waals surface area (Å²) in [6.45, 7) is 0. The van der Waals surface area contributed by atoms with Gasteiger partial charge in [0.05, 0.1) is 15.5 Å². The number of nitro benzene ring substituents is 1. The first-order chi connectivity index (χ1) is 9.56. The van der Waals surface area contributed by atoms with E-state index >= 15 is 0 Å². The van der Waals surface area contributed by atoms with Crippen LogP contribution in [0.4, 0.5) is 5.69 Å². The third kappa shape index (κ3) is 2.84. The number of rotatable bonds is 4. The number of thioether (sulfide) groups is 1. The number of carbonyl (C=O) groups excluding carboxylic acids is 1. The van der Waals surface area contributed by atoms with E-state index in [0.29, 0.717) is 17.4 Å². The van der Waals surface area contributed by atoms with Crippen LogP contribution in [0.25, 0.3) is 11.1 Å². The van der Waals surface area contributed by atoms with Crippen LogP contribution < -0.4 is 0 Å². The lowest BCUT2D eigenvalue weighted by Gasteiger charge is -2.06. The average Bonchev–Trinajstić information content (AvgIpc) is 2.46. The Balaban J connectivity index is 2.61. The highest BCUT2D eigenvalue weighted by Gasteiger charge is 2.18. The summed E-state index contributed by atoms with van der Waals surface area (Å²) in [5.74, 6) is 0. The molecule has 0 amide bonds. The molecule has 0 radical (unpaired) electrons. The van der Waals surface area contributed by atoms with Crippen LogP contribution in [0.5, 0.6) is 0 Å². The molecule has 0 heterocycles. The molecule has 102 valence electrons. The molecule has 0 aliphatic rings. The van der Waals surface area contributed by atoms with Gasteiger partial charge in [0.2, 0.25) is 0 Å². The molecule has 0 N–H and O–H groups in total. The molecular formula is C14H10ClNO3S. The zero-order valence-corrected chi connectivity index (χ0v) is 12.1. The van der Waals surface area contributed by atoms with E-state index in [1.165, 1.54) is 12.1 Å². The van der Waals surface area contributed by atoms with E-state index in [-0.39, 0.29) is 16.3 Å². The van der Waals surface area contributed by atoms with Crippen molar-refractivity contribution in [3.8, 4) is 11.1 Å². The quantitative estimate of drug-likeness (QED) is 0.362. The smallest absolute Gasteiger partial charge is 0.278 e. The van der Waals surface area contributed by atoms with Crippen molar-refractivity contribution in [2.24, 2.45) is 0 Å². The van der Waals surface area contributed by atoms with E-state index in [9.17, 15) is 14.9 Å². The first-order valence-electron chi connectivity index (χ1n) is 5.64. The van der Waals surface area contributed by atoms with Crippen LogP contribution in [0.3, 0.4) is 0 Å². The Morgan fingerprint density at radius 1 is 1.25 bits per heavy atom. The molecule has 4 nitrogen and oxygen atoms in total. The van der Waals surface area contributed by atoms with Gasteiger partial charge in [-0.1, -0.05) is 23.7 Å². The monoisotopic (exact) mass is 307 g/mol. The normalized spacial score (nSPS) is 10.3. The zero-order chi connectivity index (χ0) is 14.7. The Morgan fingerprint density at radius 2 is 1.90 bits per heavy atom. The van der Waals surface area contributed by atoms with E-state index in [0.717, 1.165) is 4.90 Å². The molecular weight excluding hydrogens is 298 g/mol. The lowest BCUT2D eigenvalue weighted by Crippen LogP contribution is -1.95. The highest BCUT2D eigenvalue weighted by Crippen LogP contribution is 2.34. The molecule has 0 aliphatic heterocycles. The number of nitro groups is 1. The van der Waals surface area contributed by atoms with Crippen molar-refractivity contribution in [1.82, 2.24) is 0 Å². The number of halogens is 1.